The number of imide groups is 1. The molecule has 1 heterocycles. The zero-order chi connectivity index (χ0) is 27.6. The molecule has 38 heavy (non-hydrogen) atoms. The second-order valence-electron chi connectivity index (χ2n) is 9.54. The van der Waals surface area contributed by atoms with Gasteiger partial charge in [0.2, 0.25) is 0 Å². The molecular formula is C29H28N2O7. The largest absolute Gasteiger partial charge is 0.497 e. The summed E-state index contributed by atoms with van der Waals surface area (Å²) < 4.78 is 15.6. The third-order valence-corrected chi connectivity index (χ3v) is 5.81. The van der Waals surface area contributed by atoms with Crippen LogP contribution in [0.4, 0.5) is 11.4 Å². The molecule has 3 aromatic carbocycles. The number of nitrogens with zero attached hydrogens (tertiary/aromatic N) is 1. The third kappa shape index (κ3) is 5.08. The van der Waals surface area contributed by atoms with Crippen LogP contribution in [0.25, 0.3) is 11.1 Å². The average Bonchev–Trinajstić information content (AvgIpc) is 3.16. The van der Waals surface area contributed by atoms with Crippen LogP contribution in [-0.2, 0) is 14.3 Å². The van der Waals surface area contributed by atoms with Crippen LogP contribution in [0, 0.1) is 0 Å². The van der Waals surface area contributed by atoms with Gasteiger partial charge >= 0.3 is 11.9 Å². The molecule has 0 aromatic heterocycles. The van der Waals surface area contributed by atoms with Gasteiger partial charge in [-0.15, -0.1) is 0 Å². The fourth-order valence-corrected chi connectivity index (χ4v) is 4.24. The van der Waals surface area contributed by atoms with Gasteiger partial charge in [0.05, 0.1) is 42.3 Å². The topological polar surface area (TPSA) is 111 Å². The normalized spacial score (nSPS) is 12.7. The van der Waals surface area contributed by atoms with Gasteiger partial charge in [-0.2, -0.15) is 0 Å². The van der Waals surface area contributed by atoms with Crippen molar-refractivity contribution < 1.29 is 33.4 Å². The predicted octanol–water partition coefficient (Wildman–Crippen LogP) is 4.70. The second-order valence-corrected chi connectivity index (χ2v) is 9.54. The number of ether oxygens (including phenoxy) is 3. The van der Waals surface area contributed by atoms with Gasteiger partial charge in [-0.25, -0.2) is 9.69 Å². The molecule has 0 aliphatic carbocycles. The number of nitrogens with one attached hydrogen (secondary N) is 1. The maximum absolute atomic E-state index is 13.8. The van der Waals surface area contributed by atoms with Crippen LogP contribution in [0.5, 0.6) is 5.75 Å². The van der Waals surface area contributed by atoms with Crippen LogP contribution in [0.15, 0.2) is 60.7 Å². The number of esters is 2. The summed E-state index contributed by atoms with van der Waals surface area (Å²) in [6, 6.07) is 16.8. The Morgan fingerprint density at radius 1 is 0.895 bits per heavy atom. The van der Waals surface area contributed by atoms with Crippen LogP contribution >= 0.6 is 0 Å². The minimum absolute atomic E-state index is 0.0314. The molecule has 0 unspecified atom stereocenters. The van der Waals surface area contributed by atoms with Gasteiger partial charge < -0.3 is 19.5 Å². The van der Waals surface area contributed by atoms with Crippen LogP contribution in [-0.4, -0.2) is 50.1 Å². The van der Waals surface area contributed by atoms with E-state index in [0.717, 1.165) is 4.90 Å². The fourth-order valence-electron chi connectivity index (χ4n) is 4.24. The van der Waals surface area contributed by atoms with E-state index in [0.29, 0.717) is 22.6 Å². The van der Waals surface area contributed by atoms with Gasteiger partial charge in [0.15, 0.2) is 0 Å². The molecule has 0 saturated carbocycles. The summed E-state index contributed by atoms with van der Waals surface area (Å²) in [5.41, 5.74) is 0.692. The number of carbonyl (C=O) groups is 4. The zero-order valence-corrected chi connectivity index (χ0v) is 21.8. The Labute approximate surface area is 220 Å². The summed E-state index contributed by atoms with van der Waals surface area (Å²) in [5, 5.41) is 3.01. The number of anilines is 2. The molecule has 196 valence electrons. The van der Waals surface area contributed by atoms with Crippen molar-refractivity contribution in [2.24, 2.45) is 0 Å². The Balaban J connectivity index is 1.93. The van der Waals surface area contributed by atoms with Gasteiger partial charge in [-0.1, -0.05) is 30.3 Å². The maximum atomic E-state index is 13.8. The highest BCUT2D eigenvalue weighted by molar-refractivity contribution is 6.38. The molecule has 0 bridgehead atoms. The molecular weight excluding hydrogens is 488 g/mol. The highest BCUT2D eigenvalue weighted by atomic mass is 16.6. The summed E-state index contributed by atoms with van der Waals surface area (Å²) >= 11 is 0. The summed E-state index contributed by atoms with van der Waals surface area (Å²) in [5.74, 6) is -2.03. The first-order valence-electron chi connectivity index (χ1n) is 11.9. The first-order valence-corrected chi connectivity index (χ1v) is 11.9. The van der Waals surface area contributed by atoms with Crippen LogP contribution < -0.4 is 15.0 Å². The van der Waals surface area contributed by atoms with E-state index < -0.39 is 29.4 Å². The van der Waals surface area contributed by atoms with Gasteiger partial charge in [0.1, 0.15) is 17.9 Å². The molecule has 4 rings (SSSR count). The van der Waals surface area contributed by atoms with E-state index in [4.69, 9.17) is 14.2 Å². The first kappa shape index (κ1) is 26.4. The minimum atomic E-state index is -0.772. The molecule has 1 aliphatic rings. The lowest BCUT2D eigenvalue weighted by Crippen LogP contribution is -2.30. The first-order chi connectivity index (χ1) is 18.1. The summed E-state index contributed by atoms with van der Waals surface area (Å²) in [6.07, 6.45) is 0. The van der Waals surface area contributed by atoms with Crippen molar-refractivity contribution >= 4 is 35.1 Å². The Morgan fingerprint density at radius 2 is 1.53 bits per heavy atom. The molecule has 9 heteroatoms. The van der Waals surface area contributed by atoms with E-state index in [1.165, 1.54) is 20.3 Å². The van der Waals surface area contributed by atoms with Crippen molar-refractivity contribution in [1.29, 1.82) is 0 Å². The molecule has 0 fully saturated rings. The number of methoxy groups -OCH3 is 2. The number of fused-ring (bicyclic) bond motifs is 1. The fraction of sp³-hybridized carbons (Fsp3) is 0.241. The number of hydrogen-bond acceptors (Lipinski definition) is 8. The Kier molecular flexibility index (Phi) is 7.21. The number of rotatable bonds is 7. The summed E-state index contributed by atoms with van der Waals surface area (Å²) in [6.45, 7) is 4.96. The van der Waals surface area contributed by atoms with Gasteiger partial charge in [0, 0.05) is 5.56 Å². The number of carbonyl (C=O) groups excluding carboxylic acids is 4. The maximum Gasteiger partial charge on any atom is 0.338 e. The van der Waals surface area contributed by atoms with Crippen molar-refractivity contribution in [3.8, 4) is 16.9 Å². The van der Waals surface area contributed by atoms with Crippen molar-refractivity contribution in [2.45, 2.75) is 26.4 Å². The zero-order valence-electron chi connectivity index (χ0n) is 21.8. The lowest BCUT2D eigenvalue weighted by Gasteiger charge is -2.21. The third-order valence-electron chi connectivity index (χ3n) is 5.81. The van der Waals surface area contributed by atoms with E-state index in [-0.39, 0.29) is 28.9 Å². The van der Waals surface area contributed by atoms with Gasteiger partial charge in [-0.05, 0) is 56.7 Å². The lowest BCUT2D eigenvalue weighted by molar-refractivity contribution is -0.152. The lowest BCUT2D eigenvalue weighted by atomic mass is 9.92. The van der Waals surface area contributed by atoms with Gasteiger partial charge in [-0.3, -0.25) is 14.4 Å². The number of para-hydroxylation sites is 1. The highest BCUT2D eigenvalue weighted by Gasteiger charge is 2.43. The molecule has 0 atom stereocenters. The SMILES string of the molecule is COC(=O)c1cc(-c2ccc(OC)cc2)c(NCC(=O)OC(C)(C)C)c2c1C(=O)N(c1ccccc1)C2=O. The van der Waals surface area contributed by atoms with Crippen LogP contribution in [0.1, 0.15) is 51.8 Å². The predicted molar refractivity (Wildman–Crippen MR) is 142 cm³/mol. The molecule has 9 nitrogen and oxygen atoms in total. The standard InChI is InChI=1S/C29H28N2O7/c1-29(2,3)38-22(32)16-30-25-20(17-11-13-19(36-4)14-12-17)15-21(28(35)37-5)23-24(25)27(34)31(26(23)33)18-9-7-6-8-10-18/h6-15,30H,16H2,1-5H3. The molecule has 2 amide bonds. The van der Waals surface area contributed by atoms with Crippen LogP contribution in [0.2, 0.25) is 0 Å². The minimum Gasteiger partial charge on any atom is -0.497 e. The smallest absolute Gasteiger partial charge is 0.338 e. The summed E-state index contributed by atoms with van der Waals surface area (Å²) in [4.78, 5) is 53.9. The highest BCUT2D eigenvalue weighted by Crippen LogP contribution is 2.42. The molecule has 3 aromatic rings. The van der Waals surface area contributed by atoms with Crippen molar-refractivity contribution in [3.05, 3.63) is 77.4 Å². The second kappa shape index (κ2) is 10.4. The summed E-state index contributed by atoms with van der Waals surface area (Å²) in [7, 11) is 2.74. The monoisotopic (exact) mass is 516 g/mol. The van der Waals surface area contributed by atoms with Crippen LogP contribution in [0.3, 0.4) is 0 Å². The van der Waals surface area contributed by atoms with Crippen molar-refractivity contribution in [2.75, 3.05) is 31.0 Å². The van der Waals surface area contributed by atoms with E-state index in [1.807, 2.05) is 0 Å². The Bertz CT molecular complexity index is 1410. The Hall–Kier alpha value is -4.66. The number of hydrogen-bond donors (Lipinski definition) is 1. The van der Waals surface area contributed by atoms with E-state index in [2.05, 4.69) is 5.32 Å². The van der Waals surface area contributed by atoms with Gasteiger partial charge in [0.25, 0.3) is 11.8 Å². The van der Waals surface area contributed by atoms with Crippen molar-refractivity contribution in [3.63, 3.8) is 0 Å². The van der Waals surface area contributed by atoms with E-state index in [9.17, 15) is 19.2 Å². The van der Waals surface area contributed by atoms with Crippen molar-refractivity contribution in [1.82, 2.24) is 0 Å². The number of amides is 2. The van der Waals surface area contributed by atoms with E-state index >= 15 is 0 Å². The quantitative estimate of drug-likeness (QED) is 0.355. The Morgan fingerprint density at radius 3 is 2.11 bits per heavy atom. The molecule has 0 saturated heterocycles. The average molecular weight is 517 g/mol. The molecule has 1 aliphatic heterocycles. The van der Waals surface area contributed by atoms with E-state index in [1.54, 1.807) is 75.4 Å². The molecule has 0 radical (unpaired) electrons. The molecule has 0 spiro atoms. The number of benzene rings is 3. The molecule has 1 N–H and O–H groups in total.